The van der Waals surface area contributed by atoms with E-state index in [1.165, 1.54) is 31.5 Å². The van der Waals surface area contributed by atoms with E-state index < -0.39 is 0 Å². The fourth-order valence-electron chi connectivity index (χ4n) is 2.84. The molecule has 1 saturated heterocycles. The van der Waals surface area contributed by atoms with Crippen molar-refractivity contribution in [2.45, 2.75) is 58.1 Å². The molecule has 1 aliphatic rings. The molecule has 1 fully saturated rings. The first-order valence-electron chi connectivity index (χ1n) is 6.98. The van der Waals surface area contributed by atoms with Crippen molar-refractivity contribution in [1.82, 2.24) is 9.88 Å². The van der Waals surface area contributed by atoms with E-state index in [9.17, 15) is 5.11 Å². The van der Waals surface area contributed by atoms with Gasteiger partial charge in [0.25, 0.3) is 0 Å². The zero-order valence-electron chi connectivity index (χ0n) is 11.4. The summed E-state index contributed by atoms with van der Waals surface area (Å²) in [5.41, 5.74) is 1.24. The van der Waals surface area contributed by atoms with E-state index in [2.05, 4.69) is 22.2 Å². The van der Waals surface area contributed by atoms with Crippen LogP contribution in [0.25, 0.3) is 0 Å². The first-order chi connectivity index (χ1) is 8.65. The van der Waals surface area contributed by atoms with E-state index in [0.29, 0.717) is 6.04 Å². The van der Waals surface area contributed by atoms with Crippen LogP contribution < -0.4 is 0 Å². The van der Waals surface area contributed by atoms with Gasteiger partial charge in [-0.3, -0.25) is 0 Å². The molecule has 0 aromatic carbocycles. The molecule has 0 amide bonds. The Labute approximate surface area is 114 Å². The first kappa shape index (κ1) is 14.0. The minimum atomic E-state index is -0.170. The summed E-state index contributed by atoms with van der Waals surface area (Å²) in [6.45, 7) is 6.31. The van der Waals surface area contributed by atoms with Crippen molar-refractivity contribution in [3.63, 3.8) is 0 Å². The molecule has 0 bridgehead atoms. The highest BCUT2D eigenvalue weighted by molar-refractivity contribution is 7.09. The summed E-state index contributed by atoms with van der Waals surface area (Å²) >= 11 is 1.74. The lowest BCUT2D eigenvalue weighted by molar-refractivity contribution is 0.133. The second-order valence-corrected chi connectivity index (χ2v) is 6.44. The summed E-state index contributed by atoms with van der Waals surface area (Å²) in [5, 5.41) is 12.8. The topological polar surface area (TPSA) is 36.4 Å². The van der Waals surface area contributed by atoms with Crippen LogP contribution in [0.3, 0.4) is 0 Å². The van der Waals surface area contributed by atoms with Crippen LogP contribution in [0.15, 0.2) is 5.38 Å². The van der Waals surface area contributed by atoms with Crippen molar-refractivity contribution >= 4 is 11.3 Å². The molecule has 0 radical (unpaired) electrons. The van der Waals surface area contributed by atoms with Gasteiger partial charge < -0.3 is 10.0 Å². The van der Waals surface area contributed by atoms with Crippen LogP contribution >= 0.6 is 11.3 Å². The van der Waals surface area contributed by atoms with Crippen LogP contribution in [0.1, 0.15) is 43.3 Å². The third kappa shape index (κ3) is 4.04. The van der Waals surface area contributed by atoms with Gasteiger partial charge in [-0.2, -0.15) is 0 Å². The molecular formula is C14H24N2OS. The molecule has 1 aliphatic heterocycles. The molecule has 102 valence electrons. The summed E-state index contributed by atoms with van der Waals surface area (Å²) < 4.78 is 0. The van der Waals surface area contributed by atoms with Crippen molar-refractivity contribution in [1.29, 1.82) is 0 Å². The van der Waals surface area contributed by atoms with Gasteiger partial charge in [-0.05, 0) is 59.0 Å². The van der Waals surface area contributed by atoms with Crippen LogP contribution in [-0.4, -0.2) is 40.2 Å². The zero-order chi connectivity index (χ0) is 13.0. The lowest BCUT2D eigenvalue weighted by Crippen LogP contribution is -2.32. The highest BCUT2D eigenvalue weighted by Crippen LogP contribution is 2.22. The van der Waals surface area contributed by atoms with Crippen LogP contribution in [0.2, 0.25) is 0 Å². The maximum Gasteiger partial charge on any atom is 0.0897 e. The number of hydrogen-bond donors (Lipinski definition) is 1. The molecule has 0 aliphatic carbocycles. The molecule has 2 atom stereocenters. The minimum absolute atomic E-state index is 0.170. The van der Waals surface area contributed by atoms with Crippen LogP contribution in [0.4, 0.5) is 0 Å². The van der Waals surface area contributed by atoms with Crippen LogP contribution in [-0.2, 0) is 6.42 Å². The molecule has 1 N–H and O–H groups in total. The number of thiazole rings is 1. The average molecular weight is 268 g/mol. The summed E-state index contributed by atoms with van der Waals surface area (Å²) in [6, 6.07) is 0.599. The van der Waals surface area contributed by atoms with Crippen molar-refractivity contribution < 1.29 is 5.11 Å². The Kier molecular flexibility index (Phi) is 5.15. The summed E-state index contributed by atoms with van der Waals surface area (Å²) in [6.07, 6.45) is 5.56. The normalized spacial score (nSPS) is 22.5. The SMILES string of the molecule is Cc1nc(CCCN2CCCC2CC(C)O)cs1. The van der Waals surface area contributed by atoms with Gasteiger partial charge in [-0.15, -0.1) is 11.3 Å². The number of aryl methyl sites for hydroxylation is 2. The van der Waals surface area contributed by atoms with Crippen LogP contribution in [0, 0.1) is 6.92 Å². The Morgan fingerprint density at radius 2 is 2.44 bits per heavy atom. The number of hydrogen-bond acceptors (Lipinski definition) is 4. The summed E-state index contributed by atoms with van der Waals surface area (Å²) in [5.74, 6) is 0. The molecule has 2 unspecified atom stereocenters. The number of aliphatic hydroxyl groups is 1. The maximum atomic E-state index is 9.50. The molecule has 0 spiro atoms. The fourth-order valence-corrected chi connectivity index (χ4v) is 3.48. The van der Waals surface area contributed by atoms with Crippen LogP contribution in [0.5, 0.6) is 0 Å². The molecule has 4 heteroatoms. The van der Waals surface area contributed by atoms with E-state index in [4.69, 9.17) is 0 Å². The van der Waals surface area contributed by atoms with Crippen molar-refractivity contribution in [3.05, 3.63) is 16.1 Å². The third-order valence-corrected chi connectivity index (χ3v) is 4.48. The summed E-state index contributed by atoms with van der Waals surface area (Å²) in [4.78, 5) is 7.05. The Morgan fingerprint density at radius 3 is 3.11 bits per heavy atom. The Balaban J connectivity index is 1.72. The highest BCUT2D eigenvalue weighted by atomic mass is 32.1. The largest absolute Gasteiger partial charge is 0.393 e. The molecule has 3 nitrogen and oxygen atoms in total. The Morgan fingerprint density at radius 1 is 1.61 bits per heavy atom. The van der Waals surface area contributed by atoms with Gasteiger partial charge in [0.05, 0.1) is 16.8 Å². The first-order valence-corrected chi connectivity index (χ1v) is 7.86. The molecule has 0 saturated carbocycles. The van der Waals surface area contributed by atoms with Gasteiger partial charge in [0, 0.05) is 11.4 Å². The monoisotopic (exact) mass is 268 g/mol. The fraction of sp³-hybridized carbons (Fsp3) is 0.786. The predicted octanol–water partition coefficient (Wildman–Crippen LogP) is 2.62. The number of aromatic nitrogens is 1. The van der Waals surface area contributed by atoms with E-state index in [1.807, 2.05) is 6.92 Å². The molecule has 1 aromatic rings. The molecule has 18 heavy (non-hydrogen) atoms. The lowest BCUT2D eigenvalue weighted by atomic mass is 10.1. The maximum absolute atomic E-state index is 9.50. The number of rotatable bonds is 6. The molecule has 1 aromatic heterocycles. The number of aliphatic hydroxyl groups excluding tert-OH is 1. The second-order valence-electron chi connectivity index (χ2n) is 5.38. The number of likely N-dealkylation sites (tertiary alicyclic amines) is 1. The highest BCUT2D eigenvalue weighted by Gasteiger charge is 2.24. The van der Waals surface area contributed by atoms with Gasteiger partial charge >= 0.3 is 0 Å². The lowest BCUT2D eigenvalue weighted by Gasteiger charge is -2.25. The number of nitrogens with zero attached hydrogens (tertiary/aromatic N) is 2. The quantitative estimate of drug-likeness (QED) is 0.861. The smallest absolute Gasteiger partial charge is 0.0897 e. The van der Waals surface area contributed by atoms with Gasteiger partial charge in [-0.1, -0.05) is 0 Å². The van der Waals surface area contributed by atoms with Gasteiger partial charge in [0.1, 0.15) is 0 Å². The van der Waals surface area contributed by atoms with Gasteiger partial charge in [0.15, 0.2) is 0 Å². The zero-order valence-corrected chi connectivity index (χ0v) is 12.2. The molecule has 2 heterocycles. The Bertz CT molecular complexity index is 364. The molecular weight excluding hydrogens is 244 g/mol. The summed E-state index contributed by atoms with van der Waals surface area (Å²) in [7, 11) is 0. The van der Waals surface area contributed by atoms with Gasteiger partial charge in [0.2, 0.25) is 0 Å². The van der Waals surface area contributed by atoms with Crippen molar-refractivity contribution in [3.8, 4) is 0 Å². The van der Waals surface area contributed by atoms with Gasteiger partial charge in [-0.25, -0.2) is 4.98 Å². The van der Waals surface area contributed by atoms with Crippen molar-refractivity contribution in [2.75, 3.05) is 13.1 Å². The predicted molar refractivity (Wildman–Crippen MR) is 76.1 cm³/mol. The standard InChI is InChI=1S/C14H24N2OS/c1-11(17)9-14-6-4-8-16(14)7-3-5-13-10-18-12(2)15-13/h10-11,14,17H,3-9H2,1-2H3. The van der Waals surface area contributed by atoms with E-state index >= 15 is 0 Å². The minimum Gasteiger partial charge on any atom is -0.393 e. The third-order valence-electron chi connectivity index (χ3n) is 3.66. The van der Waals surface area contributed by atoms with Crippen molar-refractivity contribution in [2.24, 2.45) is 0 Å². The van der Waals surface area contributed by atoms with E-state index in [-0.39, 0.29) is 6.10 Å². The average Bonchev–Trinajstić information content (AvgIpc) is 2.88. The van der Waals surface area contributed by atoms with E-state index in [0.717, 1.165) is 24.4 Å². The molecule has 2 rings (SSSR count). The Hall–Kier alpha value is -0.450. The van der Waals surface area contributed by atoms with E-state index in [1.54, 1.807) is 11.3 Å². The second kappa shape index (κ2) is 6.64.